The van der Waals surface area contributed by atoms with Gasteiger partial charge in [0.2, 0.25) is 5.88 Å². The molecule has 138 valence electrons. The van der Waals surface area contributed by atoms with Crippen LogP contribution in [0.3, 0.4) is 0 Å². The summed E-state index contributed by atoms with van der Waals surface area (Å²) in [4.78, 5) is 27.3. The van der Waals surface area contributed by atoms with Crippen molar-refractivity contribution in [2.24, 2.45) is 0 Å². The molecule has 0 bridgehead atoms. The van der Waals surface area contributed by atoms with Crippen LogP contribution in [-0.2, 0) is 6.18 Å². The van der Waals surface area contributed by atoms with E-state index in [0.29, 0.717) is 10.6 Å². The Morgan fingerprint density at radius 1 is 1.00 bits per heavy atom. The van der Waals surface area contributed by atoms with Crippen molar-refractivity contribution < 1.29 is 32.6 Å². The van der Waals surface area contributed by atoms with Gasteiger partial charge in [0, 0.05) is 5.56 Å². The van der Waals surface area contributed by atoms with Crippen molar-refractivity contribution in [3.63, 3.8) is 0 Å². The number of aromatic nitrogens is 1. The second-order valence-corrected chi connectivity index (χ2v) is 6.29. The van der Waals surface area contributed by atoms with Gasteiger partial charge in [0.1, 0.15) is 5.01 Å². The number of carboxylic acids is 1. The standard InChI is InChI=1S/C18H10F3NO4S/c19-18(20,21)12-8-6-11(7-9-12)17(25)26-14-13(16(23)24)27-15(22-14)10-4-2-1-3-5-10/h1-9H,(H,23,24). The summed E-state index contributed by atoms with van der Waals surface area (Å²) in [6.45, 7) is 0. The molecule has 0 aliphatic heterocycles. The maximum atomic E-state index is 12.6. The summed E-state index contributed by atoms with van der Waals surface area (Å²) >= 11 is 0.827. The van der Waals surface area contributed by atoms with Crippen LogP contribution < -0.4 is 4.74 Å². The summed E-state index contributed by atoms with van der Waals surface area (Å²) in [6, 6.07) is 12.1. The average Bonchev–Trinajstić information content (AvgIpc) is 3.06. The SMILES string of the molecule is O=C(Oc1nc(-c2ccccc2)sc1C(=O)O)c1ccc(C(F)(F)F)cc1. The Morgan fingerprint density at radius 3 is 2.19 bits per heavy atom. The van der Waals surface area contributed by atoms with Crippen LogP contribution in [0.5, 0.6) is 5.88 Å². The summed E-state index contributed by atoms with van der Waals surface area (Å²) in [5.41, 5.74) is -0.430. The molecule has 0 fully saturated rings. The number of thiazole rings is 1. The van der Waals surface area contributed by atoms with E-state index in [1.807, 2.05) is 0 Å². The van der Waals surface area contributed by atoms with Crippen LogP contribution in [0.2, 0.25) is 0 Å². The lowest BCUT2D eigenvalue weighted by atomic mass is 10.1. The number of hydrogen-bond donors (Lipinski definition) is 1. The van der Waals surface area contributed by atoms with E-state index in [2.05, 4.69) is 4.98 Å². The van der Waals surface area contributed by atoms with Gasteiger partial charge in [0.25, 0.3) is 0 Å². The van der Waals surface area contributed by atoms with Crippen LogP contribution in [0.25, 0.3) is 10.6 Å². The highest BCUT2D eigenvalue weighted by molar-refractivity contribution is 7.17. The summed E-state index contributed by atoms with van der Waals surface area (Å²) < 4.78 is 42.8. The zero-order chi connectivity index (χ0) is 19.6. The van der Waals surface area contributed by atoms with Gasteiger partial charge in [-0.15, -0.1) is 11.3 Å². The topological polar surface area (TPSA) is 76.5 Å². The minimum atomic E-state index is -4.53. The zero-order valence-electron chi connectivity index (χ0n) is 13.4. The van der Waals surface area contributed by atoms with Gasteiger partial charge in [0.05, 0.1) is 11.1 Å². The first kappa shape index (κ1) is 18.6. The van der Waals surface area contributed by atoms with Gasteiger partial charge in [0.15, 0.2) is 4.88 Å². The number of nitrogens with zero attached hydrogens (tertiary/aromatic N) is 1. The molecule has 5 nitrogen and oxygen atoms in total. The molecule has 3 aromatic rings. The summed E-state index contributed by atoms with van der Waals surface area (Å²) in [5, 5.41) is 9.63. The van der Waals surface area contributed by atoms with Gasteiger partial charge in [-0.3, -0.25) is 0 Å². The lowest BCUT2D eigenvalue weighted by Crippen LogP contribution is -2.12. The minimum Gasteiger partial charge on any atom is -0.477 e. The van der Waals surface area contributed by atoms with Gasteiger partial charge < -0.3 is 9.84 Å². The number of carboxylic acid groups (broad SMARTS) is 1. The van der Waals surface area contributed by atoms with Crippen LogP contribution >= 0.6 is 11.3 Å². The Hall–Kier alpha value is -3.20. The molecule has 0 radical (unpaired) electrons. The minimum absolute atomic E-state index is 0.159. The number of halogens is 3. The van der Waals surface area contributed by atoms with E-state index < -0.39 is 29.6 Å². The second-order valence-electron chi connectivity index (χ2n) is 5.29. The fourth-order valence-corrected chi connectivity index (χ4v) is 2.99. The molecule has 0 aliphatic carbocycles. The zero-order valence-corrected chi connectivity index (χ0v) is 14.2. The van der Waals surface area contributed by atoms with Crippen molar-refractivity contribution in [3.05, 3.63) is 70.6 Å². The van der Waals surface area contributed by atoms with Crippen LogP contribution in [0, 0.1) is 0 Å². The van der Waals surface area contributed by atoms with Crippen LogP contribution in [0.1, 0.15) is 25.6 Å². The van der Waals surface area contributed by atoms with Crippen LogP contribution in [0.4, 0.5) is 13.2 Å². The molecular formula is C18H10F3NO4S. The first-order valence-electron chi connectivity index (χ1n) is 7.44. The number of ether oxygens (including phenoxy) is 1. The van der Waals surface area contributed by atoms with Crippen molar-refractivity contribution in [3.8, 4) is 16.5 Å². The van der Waals surface area contributed by atoms with E-state index in [9.17, 15) is 27.9 Å². The highest BCUT2D eigenvalue weighted by Crippen LogP contribution is 2.33. The van der Waals surface area contributed by atoms with Crippen molar-refractivity contribution >= 4 is 23.3 Å². The number of carbonyl (C=O) groups is 2. The molecule has 1 heterocycles. The maximum absolute atomic E-state index is 12.6. The number of aromatic carboxylic acids is 1. The Bertz CT molecular complexity index is 982. The largest absolute Gasteiger partial charge is 0.477 e. The number of hydrogen-bond acceptors (Lipinski definition) is 5. The molecule has 3 rings (SSSR count). The molecule has 1 aromatic heterocycles. The number of rotatable bonds is 4. The van der Waals surface area contributed by atoms with E-state index in [4.69, 9.17) is 4.74 Å². The monoisotopic (exact) mass is 393 g/mol. The normalized spacial score (nSPS) is 11.2. The highest BCUT2D eigenvalue weighted by Gasteiger charge is 2.30. The molecule has 27 heavy (non-hydrogen) atoms. The van der Waals surface area contributed by atoms with E-state index in [0.717, 1.165) is 35.6 Å². The summed E-state index contributed by atoms with van der Waals surface area (Å²) in [6.07, 6.45) is -4.53. The lowest BCUT2D eigenvalue weighted by molar-refractivity contribution is -0.137. The molecule has 0 saturated heterocycles. The Labute approximate surface area is 154 Å². The molecule has 1 N–H and O–H groups in total. The quantitative estimate of drug-likeness (QED) is 0.648. The van der Waals surface area contributed by atoms with Crippen molar-refractivity contribution in [1.29, 1.82) is 0 Å². The van der Waals surface area contributed by atoms with Crippen molar-refractivity contribution in [2.45, 2.75) is 6.18 Å². The van der Waals surface area contributed by atoms with E-state index in [-0.39, 0.29) is 10.4 Å². The number of benzene rings is 2. The van der Waals surface area contributed by atoms with Crippen LogP contribution in [-0.4, -0.2) is 22.0 Å². The Morgan fingerprint density at radius 2 is 1.63 bits per heavy atom. The van der Waals surface area contributed by atoms with Gasteiger partial charge >= 0.3 is 18.1 Å². The van der Waals surface area contributed by atoms with Gasteiger partial charge in [-0.25, -0.2) is 14.6 Å². The molecule has 0 atom stereocenters. The Kier molecular flexibility index (Phi) is 4.95. The first-order valence-corrected chi connectivity index (χ1v) is 8.26. The van der Waals surface area contributed by atoms with Crippen LogP contribution in [0.15, 0.2) is 54.6 Å². The molecule has 0 aliphatic rings. The van der Waals surface area contributed by atoms with Crippen molar-refractivity contribution in [2.75, 3.05) is 0 Å². The third-order valence-corrected chi connectivity index (χ3v) is 4.52. The predicted molar refractivity (Wildman–Crippen MR) is 90.9 cm³/mol. The highest BCUT2D eigenvalue weighted by atomic mass is 32.1. The number of carbonyl (C=O) groups excluding carboxylic acids is 1. The molecular weight excluding hydrogens is 383 g/mol. The third kappa shape index (κ3) is 4.14. The molecule has 0 unspecified atom stereocenters. The molecule has 0 saturated carbocycles. The fraction of sp³-hybridized carbons (Fsp3) is 0.0556. The predicted octanol–water partition coefficient (Wildman–Crippen LogP) is 4.75. The number of esters is 1. The molecule has 0 amide bonds. The summed E-state index contributed by atoms with van der Waals surface area (Å²) in [5.74, 6) is -2.74. The third-order valence-electron chi connectivity index (χ3n) is 3.45. The maximum Gasteiger partial charge on any atom is 0.416 e. The first-order chi connectivity index (χ1) is 12.8. The van der Waals surface area contributed by atoms with Gasteiger partial charge in [-0.1, -0.05) is 30.3 Å². The fourth-order valence-electron chi connectivity index (χ4n) is 2.16. The smallest absolute Gasteiger partial charge is 0.416 e. The van der Waals surface area contributed by atoms with E-state index in [1.165, 1.54) is 0 Å². The molecule has 2 aromatic carbocycles. The lowest BCUT2D eigenvalue weighted by Gasteiger charge is -2.07. The molecule has 9 heteroatoms. The second kappa shape index (κ2) is 7.20. The van der Waals surface area contributed by atoms with Gasteiger partial charge in [-0.2, -0.15) is 13.2 Å². The van der Waals surface area contributed by atoms with Crippen molar-refractivity contribution in [1.82, 2.24) is 4.98 Å². The van der Waals surface area contributed by atoms with E-state index in [1.54, 1.807) is 30.3 Å². The molecule has 0 spiro atoms. The van der Waals surface area contributed by atoms with Gasteiger partial charge in [-0.05, 0) is 24.3 Å². The number of alkyl halides is 3. The Balaban J connectivity index is 1.87. The summed E-state index contributed by atoms with van der Waals surface area (Å²) in [7, 11) is 0. The average molecular weight is 393 g/mol. The van der Waals surface area contributed by atoms with E-state index >= 15 is 0 Å².